The van der Waals surface area contributed by atoms with E-state index in [1.807, 2.05) is 0 Å². The van der Waals surface area contributed by atoms with Gasteiger partial charge in [-0.2, -0.15) is 0 Å². The van der Waals surface area contributed by atoms with Crippen molar-refractivity contribution in [1.29, 1.82) is 0 Å². The Kier molecular flexibility index (Phi) is 3.14. The lowest BCUT2D eigenvalue weighted by atomic mass is 10.1. The highest BCUT2D eigenvalue weighted by Gasteiger charge is 2.36. The Hall–Kier alpha value is -0.380. The summed E-state index contributed by atoms with van der Waals surface area (Å²) in [6.07, 6.45) is 0. The van der Waals surface area contributed by atoms with Gasteiger partial charge in [0.2, 0.25) is 0 Å². The van der Waals surface area contributed by atoms with Crippen molar-refractivity contribution in [1.82, 2.24) is 0 Å². The summed E-state index contributed by atoms with van der Waals surface area (Å²) >= 11 is 0. The van der Waals surface area contributed by atoms with E-state index in [2.05, 4.69) is 24.3 Å². The smallest absolute Gasteiger partial charge is 0.105 e. The molecule has 1 fully saturated rings. The molecule has 0 N–H and O–H groups in total. The Labute approximate surface area is 101 Å². The Morgan fingerprint density at radius 3 is 2.00 bits per heavy atom. The summed E-state index contributed by atoms with van der Waals surface area (Å²) in [4.78, 5) is 0. The average molecular weight is 270 g/mol. The predicted octanol–water partition coefficient (Wildman–Crippen LogP) is -1.45. The first-order chi connectivity index (χ1) is 6.88. The highest BCUT2D eigenvalue weighted by Crippen LogP contribution is 2.30. The van der Waals surface area contributed by atoms with Crippen molar-refractivity contribution >= 4 is 0 Å². The van der Waals surface area contributed by atoms with Gasteiger partial charge in [0.1, 0.15) is 26.2 Å². The maximum atomic E-state index is 5.44. The van der Waals surface area contributed by atoms with Gasteiger partial charge in [0, 0.05) is 11.1 Å². The number of hydrogen-bond donors (Lipinski definition) is 0. The van der Waals surface area contributed by atoms with Gasteiger partial charge in [-0.25, -0.2) is 0 Å². The molecule has 2 aliphatic heterocycles. The van der Waals surface area contributed by atoms with Crippen molar-refractivity contribution in [3.8, 4) is 0 Å². The monoisotopic (exact) mass is 269 g/mol. The number of ether oxygens (including phenoxy) is 1. The van der Waals surface area contributed by atoms with Gasteiger partial charge in [0.05, 0.1) is 13.2 Å². The van der Waals surface area contributed by atoms with Crippen molar-refractivity contribution in [3.63, 3.8) is 0 Å². The zero-order chi connectivity index (χ0) is 9.43. The molecule has 0 bridgehead atoms. The van der Waals surface area contributed by atoms with Gasteiger partial charge in [0.15, 0.2) is 0 Å². The Morgan fingerprint density at radius 2 is 1.47 bits per heavy atom. The fourth-order valence-corrected chi connectivity index (χ4v) is 2.69. The van der Waals surface area contributed by atoms with Crippen LogP contribution in [0.15, 0.2) is 24.3 Å². The minimum atomic E-state index is 0. The summed E-state index contributed by atoms with van der Waals surface area (Å²) in [7, 11) is 0. The van der Waals surface area contributed by atoms with Gasteiger partial charge >= 0.3 is 0 Å². The minimum absolute atomic E-state index is 0. The van der Waals surface area contributed by atoms with Crippen LogP contribution in [-0.2, 0) is 17.8 Å². The van der Waals surface area contributed by atoms with E-state index >= 15 is 0 Å². The Morgan fingerprint density at radius 1 is 0.933 bits per heavy atom. The molecule has 1 saturated heterocycles. The average Bonchev–Trinajstić information content (AvgIpc) is 2.56. The van der Waals surface area contributed by atoms with Crippen LogP contribution in [0.5, 0.6) is 0 Å². The molecule has 0 aromatic heterocycles. The number of rotatable bonds is 0. The number of morpholine rings is 1. The maximum absolute atomic E-state index is 5.44. The number of nitrogens with zero attached hydrogens (tertiary/aromatic N) is 1. The van der Waals surface area contributed by atoms with E-state index in [9.17, 15) is 0 Å². The molecule has 0 radical (unpaired) electrons. The summed E-state index contributed by atoms with van der Waals surface area (Å²) in [5.74, 6) is 0. The number of fused-ring (bicyclic) bond motifs is 1. The van der Waals surface area contributed by atoms with Crippen LogP contribution in [-0.4, -0.2) is 30.8 Å². The summed E-state index contributed by atoms with van der Waals surface area (Å²) in [6, 6.07) is 8.86. The van der Waals surface area contributed by atoms with Crippen LogP contribution in [0, 0.1) is 0 Å². The first-order valence-electron chi connectivity index (χ1n) is 5.38. The van der Waals surface area contributed by atoms with E-state index in [-0.39, 0.29) is 17.0 Å². The first kappa shape index (κ1) is 11.1. The zero-order valence-corrected chi connectivity index (χ0v) is 10.4. The Bertz CT molecular complexity index is 320. The van der Waals surface area contributed by atoms with Crippen LogP contribution in [0.2, 0.25) is 0 Å². The van der Waals surface area contributed by atoms with E-state index in [1.165, 1.54) is 30.7 Å². The summed E-state index contributed by atoms with van der Waals surface area (Å²) < 4.78 is 6.67. The number of quaternary nitrogens is 1. The first-order valence-corrected chi connectivity index (χ1v) is 5.38. The van der Waals surface area contributed by atoms with Crippen LogP contribution in [0.4, 0.5) is 0 Å². The van der Waals surface area contributed by atoms with Crippen molar-refractivity contribution in [3.05, 3.63) is 35.4 Å². The molecule has 0 atom stereocenters. The zero-order valence-electron chi connectivity index (χ0n) is 8.79. The molecule has 2 aliphatic rings. The molecule has 0 amide bonds. The molecule has 15 heavy (non-hydrogen) atoms. The summed E-state index contributed by atoms with van der Waals surface area (Å²) in [5.41, 5.74) is 3.10. The minimum Gasteiger partial charge on any atom is -1.00 e. The fraction of sp³-hybridized carbons (Fsp3) is 0.500. The molecule has 82 valence electrons. The van der Waals surface area contributed by atoms with Crippen LogP contribution in [0.3, 0.4) is 0 Å². The normalized spacial score (nSPS) is 22.1. The summed E-state index contributed by atoms with van der Waals surface area (Å²) in [6.45, 7) is 6.70. The fourth-order valence-electron chi connectivity index (χ4n) is 2.69. The molecule has 1 spiro atoms. The third-order valence-corrected chi connectivity index (χ3v) is 3.55. The molecule has 0 unspecified atom stereocenters. The van der Waals surface area contributed by atoms with Crippen LogP contribution >= 0.6 is 0 Å². The SMILES string of the molecule is [Br-].c1ccc2c(c1)C[N+]1(CCOCC1)C2. The van der Waals surface area contributed by atoms with Crippen molar-refractivity contribution in [2.24, 2.45) is 0 Å². The van der Waals surface area contributed by atoms with Crippen LogP contribution < -0.4 is 17.0 Å². The van der Waals surface area contributed by atoms with Gasteiger partial charge in [-0.1, -0.05) is 24.3 Å². The second-order valence-electron chi connectivity index (χ2n) is 4.49. The number of halogens is 1. The molecule has 2 heterocycles. The molecule has 3 rings (SSSR count). The second kappa shape index (κ2) is 4.24. The molecular weight excluding hydrogens is 254 g/mol. The van der Waals surface area contributed by atoms with E-state index in [0.29, 0.717) is 0 Å². The van der Waals surface area contributed by atoms with Gasteiger partial charge < -0.3 is 26.2 Å². The lowest BCUT2D eigenvalue weighted by molar-refractivity contribution is -0.953. The Balaban J connectivity index is 0.000000853. The van der Waals surface area contributed by atoms with E-state index in [4.69, 9.17) is 4.74 Å². The van der Waals surface area contributed by atoms with Gasteiger partial charge in [-0.15, -0.1) is 0 Å². The maximum Gasteiger partial charge on any atom is 0.105 e. The quantitative estimate of drug-likeness (QED) is 0.524. The molecule has 3 heteroatoms. The predicted molar refractivity (Wildman–Crippen MR) is 54.7 cm³/mol. The molecule has 2 nitrogen and oxygen atoms in total. The lowest BCUT2D eigenvalue weighted by Gasteiger charge is -2.37. The number of benzene rings is 1. The van der Waals surface area contributed by atoms with E-state index in [1.54, 1.807) is 11.1 Å². The highest BCUT2D eigenvalue weighted by molar-refractivity contribution is 5.28. The van der Waals surface area contributed by atoms with Crippen molar-refractivity contribution < 1.29 is 26.2 Å². The standard InChI is InChI=1S/C12H16NO.BrH/c1-2-4-12-10-13(9-11(12)3-1)5-7-14-8-6-13;/h1-4H,5-10H2;1H/q+1;/p-1. The van der Waals surface area contributed by atoms with Gasteiger partial charge in [-0.3, -0.25) is 0 Å². The van der Waals surface area contributed by atoms with Gasteiger partial charge in [0.25, 0.3) is 0 Å². The number of hydrogen-bond acceptors (Lipinski definition) is 1. The van der Waals surface area contributed by atoms with E-state index < -0.39 is 0 Å². The third-order valence-electron chi connectivity index (χ3n) is 3.55. The van der Waals surface area contributed by atoms with E-state index in [0.717, 1.165) is 13.2 Å². The van der Waals surface area contributed by atoms with Crippen LogP contribution in [0.25, 0.3) is 0 Å². The van der Waals surface area contributed by atoms with Crippen molar-refractivity contribution in [2.75, 3.05) is 26.3 Å². The molecular formula is C12H16BrNO. The summed E-state index contributed by atoms with van der Waals surface area (Å²) in [5, 5.41) is 0. The largest absolute Gasteiger partial charge is 1.00 e. The lowest BCUT2D eigenvalue weighted by Crippen LogP contribution is -3.00. The van der Waals surface area contributed by atoms with Crippen molar-refractivity contribution in [2.45, 2.75) is 13.1 Å². The van der Waals surface area contributed by atoms with Gasteiger partial charge in [-0.05, 0) is 0 Å². The third kappa shape index (κ3) is 1.96. The molecule has 1 aromatic rings. The topological polar surface area (TPSA) is 9.23 Å². The molecule has 0 saturated carbocycles. The second-order valence-corrected chi connectivity index (χ2v) is 4.49. The molecule has 1 aromatic carbocycles. The highest BCUT2D eigenvalue weighted by atomic mass is 79.9. The van der Waals surface area contributed by atoms with Crippen LogP contribution in [0.1, 0.15) is 11.1 Å². The molecule has 0 aliphatic carbocycles.